The molecule has 0 bridgehead atoms. The van der Waals surface area contributed by atoms with Crippen LogP contribution in [0.2, 0.25) is 0 Å². The van der Waals surface area contributed by atoms with Gasteiger partial charge in [0.25, 0.3) is 0 Å². The first-order chi connectivity index (χ1) is 10.4. The zero-order chi connectivity index (χ0) is 14.5. The summed E-state index contributed by atoms with van der Waals surface area (Å²) in [6.45, 7) is 2.33. The van der Waals surface area contributed by atoms with Crippen molar-refractivity contribution >= 4 is 11.0 Å². The summed E-state index contributed by atoms with van der Waals surface area (Å²) < 4.78 is 10.9. The van der Waals surface area contributed by atoms with Crippen molar-refractivity contribution in [3.05, 3.63) is 60.4 Å². The SMILES string of the molecule is COCCNCc1coc2c(-c3ccccc3)cccc12. The van der Waals surface area contributed by atoms with E-state index in [1.807, 2.05) is 24.5 Å². The molecule has 0 atom stereocenters. The maximum absolute atomic E-state index is 5.82. The van der Waals surface area contributed by atoms with E-state index in [4.69, 9.17) is 9.15 Å². The molecule has 0 aliphatic heterocycles. The van der Waals surface area contributed by atoms with Crippen LogP contribution >= 0.6 is 0 Å². The summed E-state index contributed by atoms with van der Waals surface area (Å²) in [7, 11) is 1.71. The average molecular weight is 281 g/mol. The van der Waals surface area contributed by atoms with Crippen LogP contribution in [0, 0.1) is 0 Å². The summed E-state index contributed by atoms with van der Waals surface area (Å²) in [6.07, 6.45) is 1.84. The molecule has 3 nitrogen and oxygen atoms in total. The van der Waals surface area contributed by atoms with Crippen molar-refractivity contribution in [2.45, 2.75) is 6.54 Å². The van der Waals surface area contributed by atoms with E-state index < -0.39 is 0 Å². The van der Waals surface area contributed by atoms with Crippen molar-refractivity contribution in [3.8, 4) is 11.1 Å². The first-order valence-corrected chi connectivity index (χ1v) is 7.14. The lowest BCUT2D eigenvalue weighted by Crippen LogP contribution is -2.18. The number of benzene rings is 2. The summed E-state index contributed by atoms with van der Waals surface area (Å²) in [5.74, 6) is 0. The monoisotopic (exact) mass is 281 g/mol. The maximum atomic E-state index is 5.82. The number of rotatable bonds is 6. The van der Waals surface area contributed by atoms with Crippen LogP contribution in [0.4, 0.5) is 0 Å². The lowest BCUT2D eigenvalue weighted by atomic mass is 10.0. The van der Waals surface area contributed by atoms with Gasteiger partial charge in [-0.15, -0.1) is 0 Å². The minimum atomic E-state index is 0.713. The normalized spacial score (nSPS) is 11.1. The number of nitrogens with one attached hydrogen (secondary N) is 1. The van der Waals surface area contributed by atoms with Crippen LogP contribution < -0.4 is 5.32 Å². The highest BCUT2D eigenvalue weighted by molar-refractivity contribution is 5.94. The predicted octanol–water partition coefficient (Wildman–Crippen LogP) is 3.84. The Labute approximate surface area is 124 Å². The largest absolute Gasteiger partial charge is 0.463 e. The van der Waals surface area contributed by atoms with Crippen LogP contribution in [0.15, 0.2) is 59.2 Å². The molecular formula is C18H19NO2. The second-order valence-electron chi connectivity index (χ2n) is 4.98. The minimum Gasteiger partial charge on any atom is -0.463 e. The molecule has 0 fully saturated rings. The van der Waals surface area contributed by atoms with Crippen LogP contribution in [-0.4, -0.2) is 20.3 Å². The first-order valence-electron chi connectivity index (χ1n) is 7.14. The fourth-order valence-electron chi connectivity index (χ4n) is 2.49. The molecule has 0 aliphatic rings. The molecule has 0 unspecified atom stereocenters. The molecule has 2 aromatic carbocycles. The zero-order valence-electron chi connectivity index (χ0n) is 12.1. The molecule has 0 radical (unpaired) electrons. The van der Waals surface area contributed by atoms with Gasteiger partial charge in [-0.1, -0.05) is 48.5 Å². The van der Waals surface area contributed by atoms with Gasteiger partial charge >= 0.3 is 0 Å². The van der Waals surface area contributed by atoms with Crippen molar-refractivity contribution in [3.63, 3.8) is 0 Å². The maximum Gasteiger partial charge on any atom is 0.142 e. The van der Waals surface area contributed by atoms with Crippen LogP contribution in [-0.2, 0) is 11.3 Å². The van der Waals surface area contributed by atoms with Gasteiger partial charge in [-0.25, -0.2) is 0 Å². The molecule has 0 amide bonds. The topological polar surface area (TPSA) is 34.4 Å². The average Bonchev–Trinajstić information content (AvgIpc) is 2.96. The highest BCUT2D eigenvalue weighted by Crippen LogP contribution is 2.31. The van der Waals surface area contributed by atoms with Crippen molar-refractivity contribution in [2.24, 2.45) is 0 Å². The Kier molecular flexibility index (Phi) is 4.34. The number of hydrogen-bond donors (Lipinski definition) is 1. The Morgan fingerprint density at radius 1 is 1.05 bits per heavy atom. The molecule has 3 heteroatoms. The second-order valence-corrected chi connectivity index (χ2v) is 4.98. The third-order valence-corrected chi connectivity index (χ3v) is 3.56. The van der Waals surface area contributed by atoms with E-state index in [1.54, 1.807) is 7.11 Å². The number of fused-ring (bicyclic) bond motifs is 1. The Morgan fingerprint density at radius 2 is 1.90 bits per heavy atom. The molecule has 0 aliphatic carbocycles. The molecule has 1 heterocycles. The van der Waals surface area contributed by atoms with E-state index in [-0.39, 0.29) is 0 Å². The smallest absolute Gasteiger partial charge is 0.142 e. The molecule has 0 saturated heterocycles. The van der Waals surface area contributed by atoms with Gasteiger partial charge in [-0.2, -0.15) is 0 Å². The Hall–Kier alpha value is -2.10. The number of methoxy groups -OCH3 is 1. The van der Waals surface area contributed by atoms with Gasteiger partial charge in [0.15, 0.2) is 0 Å². The Bertz CT molecular complexity index is 704. The van der Waals surface area contributed by atoms with Crippen molar-refractivity contribution in [2.75, 3.05) is 20.3 Å². The molecule has 3 aromatic rings. The molecule has 3 rings (SSSR count). The summed E-state index contributed by atoms with van der Waals surface area (Å²) in [4.78, 5) is 0. The molecular weight excluding hydrogens is 262 g/mol. The van der Waals surface area contributed by atoms with Crippen LogP contribution in [0.1, 0.15) is 5.56 Å². The Morgan fingerprint density at radius 3 is 2.71 bits per heavy atom. The molecule has 21 heavy (non-hydrogen) atoms. The van der Waals surface area contributed by atoms with Gasteiger partial charge in [0, 0.05) is 36.7 Å². The number of furan rings is 1. The minimum absolute atomic E-state index is 0.713. The third-order valence-electron chi connectivity index (χ3n) is 3.56. The first kappa shape index (κ1) is 13.9. The number of hydrogen-bond acceptors (Lipinski definition) is 3. The lowest BCUT2D eigenvalue weighted by molar-refractivity contribution is 0.199. The van der Waals surface area contributed by atoms with Crippen molar-refractivity contribution in [1.29, 1.82) is 0 Å². The number of ether oxygens (including phenoxy) is 1. The molecule has 0 spiro atoms. The lowest BCUT2D eigenvalue weighted by Gasteiger charge is -2.04. The third kappa shape index (κ3) is 2.99. The fraction of sp³-hybridized carbons (Fsp3) is 0.222. The van der Waals surface area contributed by atoms with E-state index in [9.17, 15) is 0 Å². The summed E-state index contributed by atoms with van der Waals surface area (Å²) in [6, 6.07) is 16.6. The van der Waals surface area contributed by atoms with E-state index in [0.29, 0.717) is 6.61 Å². The highest BCUT2D eigenvalue weighted by atomic mass is 16.5. The van der Waals surface area contributed by atoms with Gasteiger partial charge in [0.05, 0.1) is 12.9 Å². The highest BCUT2D eigenvalue weighted by Gasteiger charge is 2.10. The van der Waals surface area contributed by atoms with Gasteiger partial charge < -0.3 is 14.5 Å². The molecule has 1 aromatic heterocycles. The van der Waals surface area contributed by atoms with Crippen LogP contribution in [0.25, 0.3) is 22.1 Å². The summed E-state index contributed by atoms with van der Waals surface area (Å²) in [5, 5.41) is 4.52. The summed E-state index contributed by atoms with van der Waals surface area (Å²) in [5.41, 5.74) is 4.44. The second kappa shape index (κ2) is 6.57. The van der Waals surface area contributed by atoms with Crippen LogP contribution in [0.3, 0.4) is 0 Å². The van der Waals surface area contributed by atoms with E-state index >= 15 is 0 Å². The standard InChI is InChI=1S/C18H19NO2/c1-20-11-10-19-12-15-13-21-18-16(8-5-9-17(15)18)14-6-3-2-4-7-14/h2-9,13,19H,10-12H2,1H3. The van der Waals surface area contributed by atoms with Crippen molar-refractivity contribution < 1.29 is 9.15 Å². The number of para-hydroxylation sites is 1. The molecule has 108 valence electrons. The van der Waals surface area contributed by atoms with Crippen LogP contribution in [0.5, 0.6) is 0 Å². The fourth-order valence-corrected chi connectivity index (χ4v) is 2.49. The zero-order valence-corrected chi connectivity index (χ0v) is 12.1. The van der Waals surface area contributed by atoms with Gasteiger partial charge in [0.1, 0.15) is 5.58 Å². The van der Waals surface area contributed by atoms with Crippen molar-refractivity contribution in [1.82, 2.24) is 5.32 Å². The van der Waals surface area contributed by atoms with Gasteiger partial charge in [-0.05, 0) is 5.56 Å². The quantitative estimate of drug-likeness (QED) is 0.697. The molecule has 0 saturated carbocycles. The predicted molar refractivity (Wildman–Crippen MR) is 85.2 cm³/mol. The van der Waals surface area contributed by atoms with E-state index in [0.717, 1.165) is 24.2 Å². The molecule has 1 N–H and O–H groups in total. The Balaban J connectivity index is 1.90. The summed E-state index contributed by atoms with van der Waals surface area (Å²) >= 11 is 0. The van der Waals surface area contributed by atoms with Gasteiger partial charge in [0.2, 0.25) is 0 Å². The van der Waals surface area contributed by atoms with Gasteiger partial charge in [-0.3, -0.25) is 0 Å². The van der Waals surface area contributed by atoms with E-state index in [1.165, 1.54) is 16.5 Å². The van der Waals surface area contributed by atoms with E-state index in [2.05, 4.69) is 35.6 Å².